The third-order valence-electron chi connectivity index (χ3n) is 3.43. The van der Waals surface area contributed by atoms with E-state index in [1.54, 1.807) is 12.1 Å². The van der Waals surface area contributed by atoms with Crippen LogP contribution in [0.1, 0.15) is 5.56 Å². The highest BCUT2D eigenvalue weighted by Gasteiger charge is 2.28. The highest BCUT2D eigenvalue weighted by Crippen LogP contribution is 2.38. The molecule has 0 bridgehead atoms. The molecule has 5 nitrogen and oxygen atoms in total. The van der Waals surface area contributed by atoms with Gasteiger partial charge in [-0.25, -0.2) is 13.1 Å². The summed E-state index contributed by atoms with van der Waals surface area (Å²) in [5.41, 5.74) is 3.00. The van der Waals surface area contributed by atoms with E-state index in [-0.39, 0.29) is 10.9 Å². The molecule has 0 radical (unpaired) electrons. The summed E-state index contributed by atoms with van der Waals surface area (Å²) in [4.78, 5) is 4.07. The predicted octanol–water partition coefficient (Wildman–Crippen LogP) is 3.01. The number of hydrogen-bond donors (Lipinski definition) is 2. The van der Waals surface area contributed by atoms with Crippen molar-refractivity contribution in [3.63, 3.8) is 0 Å². The number of aliphatic imine (C=N–C) groups is 1. The van der Waals surface area contributed by atoms with Gasteiger partial charge in [-0.3, -0.25) is 4.99 Å². The number of benzene rings is 2. The van der Waals surface area contributed by atoms with Gasteiger partial charge < -0.3 is 5.32 Å². The van der Waals surface area contributed by atoms with E-state index < -0.39 is 10.0 Å². The van der Waals surface area contributed by atoms with Crippen LogP contribution in [0.25, 0.3) is 11.1 Å². The Bertz CT molecular complexity index is 892. The predicted molar refractivity (Wildman–Crippen MR) is 88.9 cm³/mol. The number of guanidine groups is 1. The first-order valence-electron chi connectivity index (χ1n) is 6.58. The molecule has 0 amide bonds. The smallest absolute Gasteiger partial charge is 0.266 e. The van der Waals surface area contributed by atoms with Crippen molar-refractivity contribution >= 4 is 33.3 Å². The number of sulfonamides is 1. The Labute approximate surface area is 134 Å². The quantitative estimate of drug-likeness (QED) is 0.841. The molecule has 2 aromatic rings. The Morgan fingerprint density at radius 1 is 1.14 bits per heavy atom. The molecule has 0 atom stereocenters. The summed E-state index contributed by atoms with van der Waals surface area (Å²) in [5, 5.41) is 3.58. The van der Waals surface area contributed by atoms with Crippen LogP contribution >= 0.6 is 11.6 Å². The molecule has 0 saturated carbocycles. The number of aryl methyl sites for hydroxylation is 1. The third kappa shape index (κ3) is 2.44. The van der Waals surface area contributed by atoms with Crippen molar-refractivity contribution in [2.24, 2.45) is 4.99 Å². The van der Waals surface area contributed by atoms with Gasteiger partial charge in [0.1, 0.15) is 4.90 Å². The van der Waals surface area contributed by atoms with E-state index in [9.17, 15) is 8.42 Å². The van der Waals surface area contributed by atoms with Crippen LogP contribution < -0.4 is 10.0 Å². The van der Waals surface area contributed by atoms with Gasteiger partial charge in [-0.2, -0.15) is 0 Å². The van der Waals surface area contributed by atoms with Gasteiger partial charge >= 0.3 is 0 Å². The van der Waals surface area contributed by atoms with Gasteiger partial charge in [-0.15, -0.1) is 0 Å². The Hall–Kier alpha value is -2.05. The van der Waals surface area contributed by atoms with E-state index >= 15 is 0 Å². The first-order chi connectivity index (χ1) is 10.4. The summed E-state index contributed by atoms with van der Waals surface area (Å²) < 4.78 is 27.0. The standard InChI is InChI=1S/C15H14ClN3O2S/c1-9-6-7-10(12(16)8-9)11-4-3-5-13-14(11)18-15(17-2)19-22(13,20)21/h3-8H,1-2H3,(H2,17,18,19). The average molecular weight is 336 g/mol. The number of hydrogen-bond acceptors (Lipinski definition) is 3. The lowest BCUT2D eigenvalue weighted by molar-refractivity contribution is 0.592. The molecule has 1 aliphatic rings. The van der Waals surface area contributed by atoms with Crippen LogP contribution in [0.4, 0.5) is 5.69 Å². The molecule has 22 heavy (non-hydrogen) atoms. The fourth-order valence-electron chi connectivity index (χ4n) is 2.37. The molecule has 114 valence electrons. The van der Waals surface area contributed by atoms with Gasteiger partial charge in [-0.1, -0.05) is 35.9 Å². The summed E-state index contributed by atoms with van der Waals surface area (Å²) >= 11 is 6.32. The number of anilines is 1. The van der Waals surface area contributed by atoms with Crippen molar-refractivity contribution in [3.8, 4) is 11.1 Å². The van der Waals surface area contributed by atoms with Crippen LogP contribution in [-0.4, -0.2) is 21.4 Å². The van der Waals surface area contributed by atoms with Gasteiger partial charge in [0.2, 0.25) is 5.96 Å². The molecular weight excluding hydrogens is 322 g/mol. The lowest BCUT2D eigenvalue weighted by atomic mass is 10.0. The monoisotopic (exact) mass is 335 g/mol. The zero-order chi connectivity index (χ0) is 15.9. The minimum Gasteiger partial charge on any atom is -0.324 e. The van der Waals surface area contributed by atoms with E-state index in [0.29, 0.717) is 16.3 Å². The molecule has 1 heterocycles. The van der Waals surface area contributed by atoms with Crippen LogP contribution in [-0.2, 0) is 10.0 Å². The Morgan fingerprint density at radius 2 is 1.91 bits per heavy atom. The van der Waals surface area contributed by atoms with Crippen molar-refractivity contribution in [1.29, 1.82) is 0 Å². The fourth-order valence-corrected chi connectivity index (χ4v) is 3.91. The van der Waals surface area contributed by atoms with Gasteiger partial charge in [0, 0.05) is 23.2 Å². The topological polar surface area (TPSA) is 70.6 Å². The third-order valence-corrected chi connectivity index (χ3v) is 5.12. The summed E-state index contributed by atoms with van der Waals surface area (Å²) in [6.45, 7) is 1.95. The van der Waals surface area contributed by atoms with Crippen molar-refractivity contribution < 1.29 is 8.42 Å². The molecular formula is C15H14ClN3O2S. The first-order valence-corrected chi connectivity index (χ1v) is 8.44. The van der Waals surface area contributed by atoms with Gasteiger partial charge in [0.15, 0.2) is 0 Å². The molecule has 0 saturated heterocycles. The van der Waals surface area contributed by atoms with Crippen molar-refractivity contribution in [3.05, 3.63) is 47.0 Å². The molecule has 2 N–H and O–H groups in total. The van der Waals surface area contributed by atoms with E-state index in [1.165, 1.54) is 7.05 Å². The Morgan fingerprint density at radius 3 is 2.59 bits per heavy atom. The lowest BCUT2D eigenvalue weighted by Crippen LogP contribution is -2.40. The number of halogens is 1. The highest BCUT2D eigenvalue weighted by atomic mass is 35.5. The van der Waals surface area contributed by atoms with Gasteiger partial charge in [-0.05, 0) is 24.6 Å². The highest BCUT2D eigenvalue weighted by molar-refractivity contribution is 7.90. The average Bonchev–Trinajstić information content (AvgIpc) is 2.46. The van der Waals surface area contributed by atoms with E-state index in [0.717, 1.165) is 11.1 Å². The Balaban J connectivity index is 2.28. The maximum absolute atomic E-state index is 12.3. The molecule has 3 rings (SSSR count). The molecule has 2 aromatic carbocycles. The van der Waals surface area contributed by atoms with Gasteiger partial charge in [0.25, 0.3) is 10.0 Å². The maximum atomic E-state index is 12.3. The number of nitrogens with one attached hydrogen (secondary N) is 2. The van der Waals surface area contributed by atoms with Gasteiger partial charge in [0.05, 0.1) is 5.69 Å². The molecule has 0 spiro atoms. The lowest BCUT2D eigenvalue weighted by Gasteiger charge is -2.24. The van der Waals surface area contributed by atoms with Crippen molar-refractivity contribution in [2.75, 3.05) is 12.4 Å². The molecule has 0 aliphatic carbocycles. The number of fused-ring (bicyclic) bond motifs is 1. The number of para-hydroxylation sites is 1. The van der Waals surface area contributed by atoms with E-state index in [4.69, 9.17) is 11.6 Å². The van der Waals surface area contributed by atoms with Crippen LogP contribution in [0.5, 0.6) is 0 Å². The first kappa shape index (κ1) is 14.9. The molecule has 1 aliphatic heterocycles. The fraction of sp³-hybridized carbons (Fsp3) is 0.133. The SMILES string of the molecule is CN=C1Nc2c(-c3ccc(C)cc3Cl)cccc2S(=O)(=O)N1. The normalized spacial score (nSPS) is 17.5. The Kier molecular flexibility index (Phi) is 3.58. The second-order valence-corrected chi connectivity index (χ2v) is 7.02. The van der Waals surface area contributed by atoms with Crippen molar-refractivity contribution in [1.82, 2.24) is 4.72 Å². The summed E-state index contributed by atoms with van der Waals surface area (Å²) in [6, 6.07) is 10.7. The summed E-state index contributed by atoms with van der Waals surface area (Å²) in [7, 11) is -2.13. The van der Waals surface area contributed by atoms with E-state index in [2.05, 4.69) is 15.0 Å². The van der Waals surface area contributed by atoms with Crippen LogP contribution in [0.2, 0.25) is 5.02 Å². The minimum absolute atomic E-state index is 0.175. The molecule has 0 fully saturated rings. The molecule has 0 aromatic heterocycles. The second kappa shape index (κ2) is 5.30. The van der Waals surface area contributed by atoms with Crippen LogP contribution in [0.15, 0.2) is 46.3 Å². The number of nitrogens with zero attached hydrogens (tertiary/aromatic N) is 1. The number of rotatable bonds is 1. The zero-order valence-electron chi connectivity index (χ0n) is 12.0. The second-order valence-electron chi connectivity index (χ2n) is 4.96. The summed E-state index contributed by atoms with van der Waals surface area (Å²) in [6.07, 6.45) is 0. The molecule has 0 unspecified atom stereocenters. The maximum Gasteiger partial charge on any atom is 0.266 e. The molecule has 7 heteroatoms. The van der Waals surface area contributed by atoms with Crippen LogP contribution in [0.3, 0.4) is 0 Å². The van der Waals surface area contributed by atoms with Crippen LogP contribution in [0, 0.1) is 6.92 Å². The van der Waals surface area contributed by atoms with Crippen molar-refractivity contribution in [2.45, 2.75) is 11.8 Å². The minimum atomic E-state index is -3.64. The summed E-state index contributed by atoms with van der Waals surface area (Å²) in [5.74, 6) is 0.184. The largest absolute Gasteiger partial charge is 0.324 e. The zero-order valence-corrected chi connectivity index (χ0v) is 13.6. The van der Waals surface area contributed by atoms with E-state index in [1.807, 2.05) is 31.2 Å².